The third-order valence-electron chi connectivity index (χ3n) is 5.29. The van der Waals surface area contributed by atoms with Crippen molar-refractivity contribution in [2.45, 2.75) is 6.54 Å². The molecule has 29 heavy (non-hydrogen) atoms. The van der Waals surface area contributed by atoms with Gasteiger partial charge in [-0.3, -0.25) is 4.90 Å². The molecule has 0 atom stereocenters. The summed E-state index contributed by atoms with van der Waals surface area (Å²) in [5, 5.41) is 1.33. The van der Waals surface area contributed by atoms with E-state index in [1.165, 1.54) is 7.11 Å². The number of benzene rings is 2. The third-order valence-corrected chi connectivity index (χ3v) is 5.59. The number of nitrogens with zero attached hydrogens (tertiary/aromatic N) is 2. The number of rotatable bonds is 5. The van der Waals surface area contributed by atoms with Crippen molar-refractivity contribution < 1.29 is 13.9 Å². The number of halogens is 1. The summed E-state index contributed by atoms with van der Waals surface area (Å²) >= 11 is 6.30. The highest BCUT2D eigenvalue weighted by atomic mass is 35.5. The molecule has 1 aromatic heterocycles. The molecule has 0 saturated carbocycles. The normalized spacial score (nSPS) is 14.9. The quantitative estimate of drug-likeness (QED) is 0.592. The fourth-order valence-corrected chi connectivity index (χ4v) is 4.03. The number of anilines is 1. The van der Waals surface area contributed by atoms with Gasteiger partial charge >= 0.3 is 5.63 Å². The van der Waals surface area contributed by atoms with Crippen LogP contribution in [0.5, 0.6) is 11.5 Å². The highest BCUT2D eigenvalue weighted by Crippen LogP contribution is 2.32. The topological polar surface area (TPSA) is 55.2 Å². The average Bonchev–Trinajstić information content (AvgIpc) is 2.74. The Balaban J connectivity index is 1.53. The van der Waals surface area contributed by atoms with Crippen LogP contribution in [-0.2, 0) is 6.54 Å². The van der Waals surface area contributed by atoms with Gasteiger partial charge in [0.1, 0.15) is 17.1 Å². The molecule has 6 nitrogen and oxygen atoms in total. The summed E-state index contributed by atoms with van der Waals surface area (Å²) in [5.74, 6) is 1.38. The Morgan fingerprint density at radius 3 is 2.45 bits per heavy atom. The van der Waals surface area contributed by atoms with Crippen LogP contribution >= 0.6 is 11.6 Å². The summed E-state index contributed by atoms with van der Waals surface area (Å²) in [4.78, 5) is 16.7. The Labute approximate surface area is 174 Å². The molecule has 0 N–H and O–H groups in total. The van der Waals surface area contributed by atoms with E-state index in [0.29, 0.717) is 22.9 Å². The van der Waals surface area contributed by atoms with Crippen LogP contribution in [0.4, 0.5) is 5.69 Å². The largest absolute Gasteiger partial charge is 0.495 e. The predicted octanol–water partition coefficient (Wildman–Crippen LogP) is 3.79. The zero-order chi connectivity index (χ0) is 20.4. The van der Waals surface area contributed by atoms with Gasteiger partial charge in [0.15, 0.2) is 0 Å². The van der Waals surface area contributed by atoms with E-state index in [9.17, 15) is 4.79 Å². The zero-order valence-electron chi connectivity index (χ0n) is 16.5. The van der Waals surface area contributed by atoms with Crippen LogP contribution < -0.4 is 20.0 Å². The number of methoxy groups -OCH3 is 2. The van der Waals surface area contributed by atoms with Gasteiger partial charge in [-0.05, 0) is 23.8 Å². The Morgan fingerprint density at radius 2 is 1.72 bits per heavy atom. The first-order chi connectivity index (χ1) is 14.1. The standard InChI is InChI=1S/C22H23ClN2O4/c1-27-19-6-4-3-5-18(19)25-9-7-24(8-10-25)14-15-11-22(26)29-20-13-21(28-2)17(23)12-16(15)20/h3-6,11-13H,7-10,14H2,1-2H3. The second-order valence-electron chi connectivity index (χ2n) is 7.01. The predicted molar refractivity (Wildman–Crippen MR) is 115 cm³/mol. The summed E-state index contributed by atoms with van der Waals surface area (Å²) in [7, 11) is 3.23. The van der Waals surface area contributed by atoms with Crippen LogP contribution in [0.15, 0.2) is 51.7 Å². The maximum absolute atomic E-state index is 12.1. The minimum absolute atomic E-state index is 0.371. The summed E-state index contributed by atoms with van der Waals surface area (Å²) in [5.41, 5.74) is 2.14. The lowest BCUT2D eigenvalue weighted by Crippen LogP contribution is -2.46. The first-order valence-electron chi connectivity index (χ1n) is 9.49. The van der Waals surface area contributed by atoms with Gasteiger partial charge in [-0.2, -0.15) is 0 Å². The van der Waals surface area contributed by atoms with E-state index in [1.54, 1.807) is 25.3 Å². The van der Waals surface area contributed by atoms with E-state index in [1.807, 2.05) is 18.2 Å². The number of para-hydroxylation sites is 2. The highest BCUT2D eigenvalue weighted by molar-refractivity contribution is 6.32. The van der Waals surface area contributed by atoms with Crippen LogP contribution in [0.2, 0.25) is 5.02 Å². The average molecular weight is 415 g/mol. The smallest absolute Gasteiger partial charge is 0.336 e. The molecule has 4 rings (SSSR count). The zero-order valence-corrected chi connectivity index (χ0v) is 17.2. The maximum atomic E-state index is 12.1. The molecule has 2 aromatic carbocycles. The fourth-order valence-electron chi connectivity index (χ4n) is 3.79. The first kappa shape index (κ1) is 19.6. The van der Waals surface area contributed by atoms with E-state index < -0.39 is 0 Å². The minimum Gasteiger partial charge on any atom is -0.495 e. The third kappa shape index (κ3) is 4.04. The van der Waals surface area contributed by atoms with E-state index in [2.05, 4.69) is 15.9 Å². The van der Waals surface area contributed by atoms with E-state index in [0.717, 1.165) is 48.6 Å². The Morgan fingerprint density at radius 1 is 1.00 bits per heavy atom. The van der Waals surface area contributed by atoms with Gasteiger partial charge in [0.25, 0.3) is 0 Å². The SMILES string of the molecule is COc1cc2oc(=O)cc(CN3CCN(c4ccccc4OC)CC3)c2cc1Cl. The highest BCUT2D eigenvalue weighted by Gasteiger charge is 2.21. The molecule has 1 aliphatic heterocycles. The van der Waals surface area contributed by atoms with Crippen molar-refractivity contribution in [3.05, 3.63) is 63.5 Å². The molecule has 0 spiro atoms. The second-order valence-corrected chi connectivity index (χ2v) is 7.42. The van der Waals surface area contributed by atoms with Crippen molar-refractivity contribution in [3.8, 4) is 11.5 Å². The fraction of sp³-hybridized carbons (Fsp3) is 0.318. The van der Waals surface area contributed by atoms with Crippen molar-refractivity contribution >= 4 is 28.3 Å². The maximum Gasteiger partial charge on any atom is 0.336 e. The number of hydrogen-bond acceptors (Lipinski definition) is 6. The summed E-state index contributed by atoms with van der Waals surface area (Å²) in [6.07, 6.45) is 0. The van der Waals surface area contributed by atoms with Gasteiger partial charge < -0.3 is 18.8 Å². The lowest BCUT2D eigenvalue weighted by Gasteiger charge is -2.36. The molecular formula is C22H23ClN2O4. The summed E-state index contributed by atoms with van der Waals surface area (Å²) < 4.78 is 16.1. The molecule has 3 aromatic rings. The molecule has 0 aliphatic carbocycles. The Kier molecular flexibility index (Phi) is 5.65. The summed E-state index contributed by atoms with van der Waals surface area (Å²) in [6, 6.07) is 13.1. The van der Waals surface area contributed by atoms with Gasteiger partial charge in [-0.25, -0.2) is 4.79 Å². The van der Waals surface area contributed by atoms with Crippen LogP contribution in [0.25, 0.3) is 11.0 Å². The van der Waals surface area contributed by atoms with Crippen LogP contribution in [0, 0.1) is 0 Å². The molecule has 0 radical (unpaired) electrons. The van der Waals surface area contributed by atoms with Crippen molar-refractivity contribution in [1.82, 2.24) is 4.90 Å². The Bertz CT molecular complexity index is 1070. The van der Waals surface area contributed by atoms with Crippen molar-refractivity contribution in [2.24, 2.45) is 0 Å². The number of hydrogen-bond donors (Lipinski definition) is 0. The van der Waals surface area contributed by atoms with Gasteiger partial charge in [-0.15, -0.1) is 0 Å². The molecule has 1 aliphatic rings. The second kappa shape index (κ2) is 8.35. The number of fused-ring (bicyclic) bond motifs is 1. The molecule has 1 saturated heterocycles. The van der Waals surface area contributed by atoms with E-state index in [4.69, 9.17) is 25.5 Å². The monoisotopic (exact) mass is 414 g/mol. The summed E-state index contributed by atoms with van der Waals surface area (Å²) in [6.45, 7) is 4.18. The van der Waals surface area contributed by atoms with Gasteiger partial charge in [0.2, 0.25) is 0 Å². The number of piperazine rings is 1. The first-order valence-corrected chi connectivity index (χ1v) is 9.87. The van der Waals surface area contributed by atoms with Gasteiger partial charge in [0, 0.05) is 50.2 Å². The molecule has 0 amide bonds. The van der Waals surface area contributed by atoms with Gasteiger partial charge in [0.05, 0.1) is 24.9 Å². The molecule has 2 heterocycles. The van der Waals surface area contributed by atoms with Crippen LogP contribution in [-0.4, -0.2) is 45.3 Å². The lowest BCUT2D eigenvalue weighted by molar-refractivity contribution is 0.249. The van der Waals surface area contributed by atoms with Crippen molar-refractivity contribution in [1.29, 1.82) is 0 Å². The van der Waals surface area contributed by atoms with E-state index >= 15 is 0 Å². The molecule has 152 valence electrons. The van der Waals surface area contributed by atoms with Crippen LogP contribution in [0.1, 0.15) is 5.56 Å². The Hall–Kier alpha value is -2.70. The lowest BCUT2D eigenvalue weighted by atomic mass is 10.1. The molecule has 0 bridgehead atoms. The van der Waals surface area contributed by atoms with E-state index in [-0.39, 0.29) is 5.63 Å². The molecule has 7 heteroatoms. The number of ether oxygens (including phenoxy) is 2. The van der Waals surface area contributed by atoms with Crippen LogP contribution in [0.3, 0.4) is 0 Å². The van der Waals surface area contributed by atoms with Crippen molar-refractivity contribution in [3.63, 3.8) is 0 Å². The molecule has 0 unspecified atom stereocenters. The molecule has 1 fully saturated rings. The van der Waals surface area contributed by atoms with Gasteiger partial charge in [-0.1, -0.05) is 23.7 Å². The van der Waals surface area contributed by atoms with Crippen molar-refractivity contribution in [2.75, 3.05) is 45.3 Å². The molecular weight excluding hydrogens is 392 g/mol. The minimum atomic E-state index is -0.371.